The van der Waals surface area contributed by atoms with Gasteiger partial charge in [-0.05, 0) is 62.2 Å². The Balaban J connectivity index is 1.65. The van der Waals surface area contributed by atoms with Crippen LogP contribution >= 0.6 is 0 Å². The molecule has 0 bridgehead atoms. The highest BCUT2D eigenvalue weighted by molar-refractivity contribution is 6.16. The number of ketones is 1. The predicted octanol–water partition coefficient (Wildman–Crippen LogP) is 5.63. The molecule has 0 saturated carbocycles. The van der Waals surface area contributed by atoms with Crippen LogP contribution in [0.1, 0.15) is 55.3 Å². The Morgan fingerprint density at radius 2 is 1.86 bits per heavy atom. The monoisotopic (exact) mass is 393 g/mol. The molecular formula is C25H31NO3. The van der Waals surface area contributed by atoms with Crippen LogP contribution in [0.5, 0.6) is 5.75 Å². The summed E-state index contributed by atoms with van der Waals surface area (Å²) in [6.45, 7) is 9.12. The lowest BCUT2D eigenvalue weighted by atomic mass is 9.98. The van der Waals surface area contributed by atoms with Gasteiger partial charge < -0.3 is 14.5 Å². The summed E-state index contributed by atoms with van der Waals surface area (Å²) in [5.41, 5.74) is 2.11. The zero-order valence-electron chi connectivity index (χ0n) is 17.7. The first-order valence-corrected chi connectivity index (χ1v) is 10.6. The molecule has 0 amide bonds. The molecule has 154 valence electrons. The smallest absolute Gasteiger partial charge is 0.197 e. The first-order valence-electron chi connectivity index (χ1n) is 10.6. The van der Waals surface area contributed by atoms with Gasteiger partial charge in [-0.1, -0.05) is 39.0 Å². The Morgan fingerprint density at radius 3 is 2.59 bits per heavy atom. The normalized spacial score (nSPS) is 11.3. The number of hydrogen-bond acceptors (Lipinski definition) is 4. The largest absolute Gasteiger partial charge is 0.494 e. The molecule has 4 heteroatoms. The number of aryl methyl sites for hydroxylation is 1. The molecule has 1 N–H and O–H groups in total. The summed E-state index contributed by atoms with van der Waals surface area (Å²) in [4.78, 5) is 13.2. The third-order valence-electron chi connectivity index (χ3n) is 4.81. The van der Waals surface area contributed by atoms with Crippen molar-refractivity contribution in [2.24, 2.45) is 5.92 Å². The molecule has 1 heterocycles. The molecule has 1 aromatic heterocycles. The average molecular weight is 394 g/mol. The number of furan rings is 1. The first-order chi connectivity index (χ1) is 14.1. The standard InChI is InChI=1S/C25H31NO3/c1-4-8-23-24(21-9-5-6-10-22(21)29-23)25(27)19-11-13-20(14-12-19)28-16-7-15-26-17-18(2)3/h5-6,9-14,18,26H,4,7-8,15-17H2,1-3H3. The molecule has 0 atom stereocenters. The molecule has 0 saturated heterocycles. The molecule has 0 spiro atoms. The maximum atomic E-state index is 13.2. The quantitative estimate of drug-likeness (QED) is 0.339. The van der Waals surface area contributed by atoms with E-state index >= 15 is 0 Å². The van der Waals surface area contributed by atoms with Gasteiger partial charge in [0.05, 0.1) is 12.2 Å². The summed E-state index contributed by atoms with van der Waals surface area (Å²) < 4.78 is 11.8. The van der Waals surface area contributed by atoms with Crippen LogP contribution in [-0.2, 0) is 6.42 Å². The summed E-state index contributed by atoms with van der Waals surface area (Å²) in [6, 6.07) is 15.2. The Morgan fingerprint density at radius 1 is 1.10 bits per heavy atom. The van der Waals surface area contributed by atoms with Gasteiger partial charge in [-0.15, -0.1) is 0 Å². The minimum atomic E-state index is 0.00263. The van der Waals surface area contributed by atoms with Gasteiger partial charge in [-0.25, -0.2) is 0 Å². The first kappa shape index (κ1) is 21.1. The van der Waals surface area contributed by atoms with Gasteiger partial charge in [0.1, 0.15) is 17.1 Å². The highest BCUT2D eigenvalue weighted by Gasteiger charge is 2.21. The second-order valence-electron chi connectivity index (χ2n) is 7.80. The van der Waals surface area contributed by atoms with Crippen molar-refractivity contribution < 1.29 is 13.9 Å². The van der Waals surface area contributed by atoms with Crippen LogP contribution in [0.4, 0.5) is 0 Å². The van der Waals surface area contributed by atoms with Crippen molar-refractivity contribution in [1.82, 2.24) is 5.32 Å². The van der Waals surface area contributed by atoms with Crippen molar-refractivity contribution in [2.45, 2.75) is 40.0 Å². The van der Waals surface area contributed by atoms with E-state index in [9.17, 15) is 4.79 Å². The lowest BCUT2D eigenvalue weighted by Crippen LogP contribution is -2.22. The van der Waals surface area contributed by atoms with Crippen LogP contribution in [0, 0.1) is 5.92 Å². The molecule has 0 aliphatic rings. The Hall–Kier alpha value is -2.59. The summed E-state index contributed by atoms with van der Waals surface area (Å²) in [5.74, 6) is 2.22. The molecule has 0 fully saturated rings. The van der Waals surface area contributed by atoms with Crippen LogP contribution in [0.3, 0.4) is 0 Å². The van der Waals surface area contributed by atoms with Crippen molar-refractivity contribution >= 4 is 16.8 Å². The predicted molar refractivity (Wildman–Crippen MR) is 118 cm³/mol. The molecule has 0 aliphatic heterocycles. The molecule has 3 aromatic rings. The van der Waals surface area contributed by atoms with Gasteiger partial charge >= 0.3 is 0 Å². The van der Waals surface area contributed by atoms with E-state index in [0.29, 0.717) is 23.7 Å². The zero-order valence-corrected chi connectivity index (χ0v) is 17.7. The van der Waals surface area contributed by atoms with Crippen LogP contribution in [0.15, 0.2) is 52.9 Å². The van der Waals surface area contributed by atoms with Gasteiger partial charge in [0, 0.05) is 17.4 Å². The van der Waals surface area contributed by atoms with E-state index in [4.69, 9.17) is 9.15 Å². The lowest BCUT2D eigenvalue weighted by molar-refractivity contribution is 0.103. The van der Waals surface area contributed by atoms with Crippen LogP contribution in [0.25, 0.3) is 11.0 Å². The number of carbonyl (C=O) groups excluding carboxylic acids is 1. The van der Waals surface area contributed by atoms with Gasteiger partial charge in [-0.2, -0.15) is 0 Å². The second-order valence-corrected chi connectivity index (χ2v) is 7.80. The van der Waals surface area contributed by atoms with Crippen molar-refractivity contribution in [1.29, 1.82) is 0 Å². The van der Waals surface area contributed by atoms with E-state index in [1.165, 1.54) is 0 Å². The fourth-order valence-corrected chi connectivity index (χ4v) is 3.37. The Bertz CT molecular complexity index is 925. The summed E-state index contributed by atoms with van der Waals surface area (Å²) in [7, 11) is 0. The van der Waals surface area contributed by atoms with E-state index in [0.717, 1.165) is 54.8 Å². The molecule has 3 rings (SSSR count). The topological polar surface area (TPSA) is 51.5 Å². The van der Waals surface area contributed by atoms with Crippen molar-refractivity contribution in [3.05, 3.63) is 65.4 Å². The van der Waals surface area contributed by atoms with Gasteiger partial charge in [0.15, 0.2) is 5.78 Å². The van der Waals surface area contributed by atoms with Gasteiger partial charge in [-0.3, -0.25) is 4.79 Å². The third-order valence-corrected chi connectivity index (χ3v) is 4.81. The molecule has 0 unspecified atom stereocenters. The maximum absolute atomic E-state index is 13.2. The van der Waals surface area contributed by atoms with Crippen LogP contribution in [0.2, 0.25) is 0 Å². The maximum Gasteiger partial charge on any atom is 0.197 e. The molecule has 2 aromatic carbocycles. The Labute approximate surface area is 173 Å². The molecular weight excluding hydrogens is 362 g/mol. The average Bonchev–Trinajstić information content (AvgIpc) is 3.08. The van der Waals surface area contributed by atoms with Crippen molar-refractivity contribution in [2.75, 3.05) is 19.7 Å². The number of fused-ring (bicyclic) bond motifs is 1. The number of rotatable bonds is 11. The van der Waals surface area contributed by atoms with Gasteiger partial charge in [0.25, 0.3) is 0 Å². The number of ether oxygens (including phenoxy) is 1. The van der Waals surface area contributed by atoms with E-state index in [2.05, 4.69) is 26.1 Å². The van der Waals surface area contributed by atoms with E-state index < -0.39 is 0 Å². The van der Waals surface area contributed by atoms with E-state index in [-0.39, 0.29) is 5.78 Å². The SMILES string of the molecule is CCCc1oc2ccccc2c1C(=O)c1ccc(OCCCNCC(C)C)cc1. The summed E-state index contributed by atoms with van der Waals surface area (Å²) in [5, 5.41) is 4.29. The number of carbonyl (C=O) groups is 1. The molecule has 0 aliphatic carbocycles. The zero-order chi connectivity index (χ0) is 20.6. The number of para-hydroxylation sites is 1. The fourth-order valence-electron chi connectivity index (χ4n) is 3.37. The van der Waals surface area contributed by atoms with Gasteiger partial charge in [0.2, 0.25) is 0 Å². The van der Waals surface area contributed by atoms with Crippen LogP contribution < -0.4 is 10.1 Å². The van der Waals surface area contributed by atoms with E-state index in [1.807, 2.05) is 48.5 Å². The number of hydrogen-bond donors (Lipinski definition) is 1. The minimum Gasteiger partial charge on any atom is -0.494 e. The highest BCUT2D eigenvalue weighted by Crippen LogP contribution is 2.29. The molecule has 4 nitrogen and oxygen atoms in total. The number of benzene rings is 2. The molecule has 29 heavy (non-hydrogen) atoms. The van der Waals surface area contributed by atoms with E-state index in [1.54, 1.807) is 0 Å². The Kier molecular flexibility index (Phi) is 7.48. The molecule has 0 radical (unpaired) electrons. The number of nitrogens with one attached hydrogen (secondary N) is 1. The summed E-state index contributed by atoms with van der Waals surface area (Å²) in [6.07, 6.45) is 2.63. The minimum absolute atomic E-state index is 0.00263. The van der Waals surface area contributed by atoms with Crippen LogP contribution in [-0.4, -0.2) is 25.5 Å². The fraction of sp³-hybridized carbons (Fsp3) is 0.400. The summed E-state index contributed by atoms with van der Waals surface area (Å²) >= 11 is 0. The lowest BCUT2D eigenvalue weighted by Gasteiger charge is -2.09. The van der Waals surface area contributed by atoms with Crippen molar-refractivity contribution in [3.63, 3.8) is 0 Å². The highest BCUT2D eigenvalue weighted by atomic mass is 16.5. The van der Waals surface area contributed by atoms with Crippen molar-refractivity contribution in [3.8, 4) is 5.75 Å². The second kappa shape index (κ2) is 10.3. The third kappa shape index (κ3) is 5.48.